The van der Waals surface area contributed by atoms with Crippen molar-refractivity contribution in [3.63, 3.8) is 0 Å². The molecule has 0 aliphatic rings. The van der Waals surface area contributed by atoms with Gasteiger partial charge in [-0.05, 0) is 25.5 Å². The van der Waals surface area contributed by atoms with E-state index in [4.69, 9.17) is 5.73 Å². The smallest absolute Gasteiger partial charge is 0.326 e. The van der Waals surface area contributed by atoms with Crippen LogP contribution in [0.15, 0.2) is 35.4 Å². The van der Waals surface area contributed by atoms with Crippen molar-refractivity contribution in [2.75, 3.05) is 0 Å². The van der Waals surface area contributed by atoms with Gasteiger partial charge in [0.2, 0.25) is 0 Å². The van der Waals surface area contributed by atoms with E-state index >= 15 is 0 Å². The molecule has 0 amide bonds. The first kappa shape index (κ1) is 13.5. The standard InChI is InChI=1S/C14H18FN3O/c1-10(2)18-6-5-17(14(18)19)9-12-4-3-11(8-16)7-13(12)15/h3-7,10H,8-9,16H2,1-2H3. The molecule has 4 nitrogen and oxygen atoms in total. The summed E-state index contributed by atoms with van der Waals surface area (Å²) in [7, 11) is 0. The second-order valence-electron chi connectivity index (χ2n) is 4.84. The number of rotatable bonds is 4. The van der Waals surface area contributed by atoms with Gasteiger partial charge in [0.25, 0.3) is 0 Å². The maximum atomic E-state index is 13.8. The summed E-state index contributed by atoms with van der Waals surface area (Å²) in [6, 6.07) is 4.97. The summed E-state index contributed by atoms with van der Waals surface area (Å²) in [4.78, 5) is 12.0. The van der Waals surface area contributed by atoms with Gasteiger partial charge in [-0.2, -0.15) is 0 Å². The number of hydrogen-bond donors (Lipinski definition) is 1. The Hall–Kier alpha value is -1.88. The maximum Gasteiger partial charge on any atom is 0.328 e. The second kappa shape index (κ2) is 5.40. The number of nitrogens with two attached hydrogens (primary N) is 1. The van der Waals surface area contributed by atoms with Gasteiger partial charge in [0.1, 0.15) is 5.82 Å². The third-order valence-electron chi connectivity index (χ3n) is 3.12. The molecule has 0 saturated carbocycles. The van der Waals surface area contributed by atoms with E-state index in [1.165, 1.54) is 10.6 Å². The van der Waals surface area contributed by atoms with Crippen LogP contribution in [0.3, 0.4) is 0 Å². The number of halogens is 1. The molecule has 2 aromatic rings. The minimum atomic E-state index is -0.327. The lowest BCUT2D eigenvalue weighted by molar-refractivity contribution is 0.553. The Morgan fingerprint density at radius 3 is 2.58 bits per heavy atom. The largest absolute Gasteiger partial charge is 0.328 e. The molecule has 102 valence electrons. The molecule has 19 heavy (non-hydrogen) atoms. The topological polar surface area (TPSA) is 52.9 Å². The van der Waals surface area contributed by atoms with Crippen LogP contribution in [0.5, 0.6) is 0 Å². The van der Waals surface area contributed by atoms with E-state index in [0.717, 1.165) is 5.56 Å². The molecule has 1 aromatic carbocycles. The minimum absolute atomic E-state index is 0.0956. The van der Waals surface area contributed by atoms with Gasteiger partial charge in [0.05, 0.1) is 6.54 Å². The van der Waals surface area contributed by atoms with E-state index in [2.05, 4.69) is 0 Å². The Labute approximate surface area is 111 Å². The van der Waals surface area contributed by atoms with Crippen LogP contribution >= 0.6 is 0 Å². The SMILES string of the molecule is CC(C)n1ccn(Cc2ccc(CN)cc2F)c1=O. The molecule has 0 saturated heterocycles. The maximum absolute atomic E-state index is 13.8. The molecule has 0 fully saturated rings. The summed E-state index contributed by atoms with van der Waals surface area (Å²) < 4.78 is 17.0. The van der Waals surface area contributed by atoms with Gasteiger partial charge >= 0.3 is 5.69 Å². The first-order valence-corrected chi connectivity index (χ1v) is 6.27. The summed E-state index contributed by atoms with van der Waals surface area (Å²) in [5.41, 5.74) is 6.56. The monoisotopic (exact) mass is 263 g/mol. The van der Waals surface area contributed by atoms with Gasteiger partial charge in [-0.1, -0.05) is 12.1 Å². The van der Waals surface area contributed by atoms with Crippen molar-refractivity contribution in [3.05, 3.63) is 58.0 Å². The Morgan fingerprint density at radius 2 is 2.05 bits per heavy atom. The highest BCUT2D eigenvalue weighted by Gasteiger charge is 2.09. The van der Waals surface area contributed by atoms with Crippen LogP contribution in [0.4, 0.5) is 4.39 Å². The molecule has 0 radical (unpaired) electrons. The molecular formula is C14H18FN3O. The lowest BCUT2D eigenvalue weighted by Crippen LogP contribution is -2.25. The third kappa shape index (κ3) is 2.76. The van der Waals surface area contributed by atoms with Crippen molar-refractivity contribution in [2.45, 2.75) is 33.0 Å². The van der Waals surface area contributed by atoms with Gasteiger partial charge in [-0.25, -0.2) is 9.18 Å². The average molecular weight is 263 g/mol. The number of hydrogen-bond acceptors (Lipinski definition) is 2. The summed E-state index contributed by atoms with van der Waals surface area (Å²) in [5, 5.41) is 0. The minimum Gasteiger partial charge on any atom is -0.326 e. The van der Waals surface area contributed by atoms with Crippen LogP contribution < -0.4 is 11.4 Å². The van der Waals surface area contributed by atoms with Crippen molar-refractivity contribution < 1.29 is 4.39 Å². The molecule has 1 heterocycles. The molecule has 5 heteroatoms. The predicted molar refractivity (Wildman–Crippen MR) is 72.5 cm³/mol. The van der Waals surface area contributed by atoms with Crippen molar-refractivity contribution >= 4 is 0 Å². The number of nitrogens with zero attached hydrogens (tertiary/aromatic N) is 2. The van der Waals surface area contributed by atoms with Crippen LogP contribution in [0.1, 0.15) is 31.0 Å². The number of imidazole rings is 1. The fraction of sp³-hybridized carbons (Fsp3) is 0.357. The Morgan fingerprint density at radius 1 is 1.32 bits per heavy atom. The van der Waals surface area contributed by atoms with E-state index in [1.54, 1.807) is 29.1 Å². The fourth-order valence-corrected chi connectivity index (χ4v) is 1.97. The zero-order valence-electron chi connectivity index (χ0n) is 11.1. The van der Waals surface area contributed by atoms with Crippen LogP contribution in [0.25, 0.3) is 0 Å². The second-order valence-corrected chi connectivity index (χ2v) is 4.84. The van der Waals surface area contributed by atoms with Crippen LogP contribution in [-0.2, 0) is 13.1 Å². The van der Waals surface area contributed by atoms with E-state index in [0.29, 0.717) is 12.1 Å². The van der Waals surface area contributed by atoms with Gasteiger partial charge in [0.15, 0.2) is 0 Å². The van der Waals surface area contributed by atoms with Gasteiger partial charge in [-0.3, -0.25) is 9.13 Å². The van der Waals surface area contributed by atoms with Crippen molar-refractivity contribution in [3.8, 4) is 0 Å². The van der Waals surface area contributed by atoms with E-state index in [9.17, 15) is 9.18 Å². The van der Waals surface area contributed by atoms with E-state index in [1.807, 2.05) is 13.8 Å². The van der Waals surface area contributed by atoms with Crippen molar-refractivity contribution in [2.24, 2.45) is 5.73 Å². The molecule has 0 spiro atoms. The van der Waals surface area contributed by atoms with Crippen LogP contribution in [-0.4, -0.2) is 9.13 Å². The average Bonchev–Trinajstić information content (AvgIpc) is 2.73. The highest BCUT2D eigenvalue weighted by Crippen LogP contribution is 2.11. The lowest BCUT2D eigenvalue weighted by atomic mass is 10.1. The summed E-state index contributed by atoms with van der Waals surface area (Å²) in [5.74, 6) is -0.327. The number of benzene rings is 1. The summed E-state index contributed by atoms with van der Waals surface area (Å²) >= 11 is 0. The predicted octanol–water partition coefficient (Wildman–Crippen LogP) is 1.88. The Balaban J connectivity index is 2.29. The molecule has 2 N–H and O–H groups in total. The van der Waals surface area contributed by atoms with Gasteiger partial charge in [0, 0.05) is 30.5 Å². The zero-order chi connectivity index (χ0) is 14.0. The zero-order valence-corrected chi connectivity index (χ0v) is 11.1. The van der Waals surface area contributed by atoms with E-state index < -0.39 is 0 Å². The Kier molecular flexibility index (Phi) is 3.85. The molecule has 0 aliphatic carbocycles. The molecule has 0 aliphatic heterocycles. The molecule has 0 bridgehead atoms. The van der Waals surface area contributed by atoms with Gasteiger partial charge in [-0.15, -0.1) is 0 Å². The molecular weight excluding hydrogens is 245 g/mol. The quantitative estimate of drug-likeness (QED) is 0.915. The van der Waals surface area contributed by atoms with Crippen LogP contribution in [0, 0.1) is 5.82 Å². The van der Waals surface area contributed by atoms with Crippen molar-refractivity contribution in [1.29, 1.82) is 0 Å². The first-order valence-electron chi connectivity index (χ1n) is 6.27. The van der Waals surface area contributed by atoms with Crippen LogP contribution in [0.2, 0.25) is 0 Å². The summed E-state index contributed by atoms with van der Waals surface area (Å²) in [6.45, 7) is 4.40. The summed E-state index contributed by atoms with van der Waals surface area (Å²) in [6.07, 6.45) is 3.40. The first-order chi connectivity index (χ1) is 9.02. The lowest BCUT2D eigenvalue weighted by Gasteiger charge is -2.07. The molecule has 0 atom stereocenters. The molecule has 2 rings (SSSR count). The van der Waals surface area contributed by atoms with Crippen molar-refractivity contribution in [1.82, 2.24) is 9.13 Å². The molecule has 1 aromatic heterocycles. The van der Waals surface area contributed by atoms with Gasteiger partial charge < -0.3 is 5.73 Å². The highest BCUT2D eigenvalue weighted by atomic mass is 19.1. The normalized spacial score (nSPS) is 11.2. The van der Waals surface area contributed by atoms with E-state index in [-0.39, 0.29) is 24.1 Å². The fourth-order valence-electron chi connectivity index (χ4n) is 1.97. The number of aromatic nitrogens is 2. The molecule has 0 unspecified atom stereocenters. The highest BCUT2D eigenvalue weighted by molar-refractivity contribution is 5.24. The Bertz CT molecular complexity index is 628. The third-order valence-corrected chi connectivity index (χ3v) is 3.12.